The van der Waals surface area contributed by atoms with Gasteiger partial charge in [0, 0.05) is 29.4 Å². The molecule has 1 N–H and O–H groups in total. The van der Waals surface area contributed by atoms with Crippen molar-refractivity contribution in [1.82, 2.24) is 5.32 Å². The minimum atomic E-state index is -0.760. The standard InChI is InChI=1S/C27H31N3O4/c1-7-29-22-14-23(34-6)18(12-20(22)17(3)15-27(29,4)5)13-21-24(31)28-26(33)30(25(21)32)19-10-8-9-16(2)11-19/h8-14,17H,7,15H2,1-6H3,(H,28,31,33)/b21-13-. The van der Waals surface area contributed by atoms with Gasteiger partial charge in [0.2, 0.25) is 0 Å². The van der Waals surface area contributed by atoms with Crippen molar-refractivity contribution in [2.75, 3.05) is 23.5 Å². The van der Waals surface area contributed by atoms with E-state index in [9.17, 15) is 14.4 Å². The number of benzene rings is 2. The molecule has 7 nitrogen and oxygen atoms in total. The molecule has 34 heavy (non-hydrogen) atoms. The van der Waals surface area contributed by atoms with E-state index in [2.05, 4.69) is 37.9 Å². The highest BCUT2D eigenvalue weighted by molar-refractivity contribution is 6.39. The van der Waals surface area contributed by atoms with Crippen molar-refractivity contribution in [1.29, 1.82) is 0 Å². The summed E-state index contributed by atoms with van der Waals surface area (Å²) in [5, 5.41) is 2.29. The van der Waals surface area contributed by atoms with Crippen LogP contribution in [0.5, 0.6) is 5.75 Å². The highest BCUT2D eigenvalue weighted by Gasteiger charge is 2.38. The summed E-state index contributed by atoms with van der Waals surface area (Å²) in [4.78, 5) is 41.9. The third-order valence-electron chi connectivity index (χ3n) is 6.71. The summed E-state index contributed by atoms with van der Waals surface area (Å²) in [6.45, 7) is 11.5. The lowest BCUT2D eigenvalue weighted by molar-refractivity contribution is -0.122. The highest BCUT2D eigenvalue weighted by Crippen LogP contribution is 2.46. The van der Waals surface area contributed by atoms with Gasteiger partial charge in [-0.05, 0) is 75.4 Å². The van der Waals surface area contributed by atoms with Gasteiger partial charge in [0.05, 0.1) is 12.8 Å². The Balaban J connectivity index is 1.81. The number of carbonyl (C=O) groups is 3. The van der Waals surface area contributed by atoms with Crippen LogP contribution in [0.1, 0.15) is 56.7 Å². The predicted octanol–water partition coefficient (Wildman–Crippen LogP) is 4.78. The van der Waals surface area contributed by atoms with Crippen molar-refractivity contribution in [2.45, 2.75) is 52.5 Å². The topological polar surface area (TPSA) is 79.0 Å². The van der Waals surface area contributed by atoms with Gasteiger partial charge in [0.1, 0.15) is 11.3 Å². The zero-order valence-electron chi connectivity index (χ0n) is 20.6. The Labute approximate surface area is 200 Å². The number of barbiturate groups is 1. The van der Waals surface area contributed by atoms with Crippen molar-refractivity contribution in [3.05, 3.63) is 58.7 Å². The molecule has 2 aromatic carbocycles. The van der Waals surface area contributed by atoms with Crippen LogP contribution < -0.4 is 19.9 Å². The first kappa shape index (κ1) is 23.5. The van der Waals surface area contributed by atoms with E-state index in [4.69, 9.17) is 4.74 Å². The number of anilines is 2. The molecule has 1 fully saturated rings. The zero-order valence-corrected chi connectivity index (χ0v) is 20.6. The van der Waals surface area contributed by atoms with E-state index >= 15 is 0 Å². The Kier molecular flexibility index (Phi) is 5.98. The molecule has 2 aliphatic heterocycles. The monoisotopic (exact) mass is 461 g/mol. The quantitative estimate of drug-likeness (QED) is 0.524. The molecule has 4 rings (SSSR count). The number of imide groups is 2. The zero-order chi connectivity index (χ0) is 24.8. The normalized spacial score (nSPS) is 20.9. The number of hydrogen-bond donors (Lipinski definition) is 1. The van der Waals surface area contributed by atoms with Crippen LogP contribution in [0.2, 0.25) is 0 Å². The molecule has 1 unspecified atom stereocenters. The maximum absolute atomic E-state index is 13.3. The number of amides is 4. The van der Waals surface area contributed by atoms with Gasteiger partial charge in [0.25, 0.3) is 11.8 Å². The summed E-state index contributed by atoms with van der Waals surface area (Å²) in [5.74, 6) is -0.530. The van der Waals surface area contributed by atoms with Crippen molar-refractivity contribution in [3.63, 3.8) is 0 Å². The number of rotatable bonds is 4. The fourth-order valence-electron chi connectivity index (χ4n) is 5.23. The number of fused-ring (bicyclic) bond motifs is 1. The molecule has 0 radical (unpaired) electrons. The average molecular weight is 462 g/mol. The summed E-state index contributed by atoms with van der Waals surface area (Å²) in [6.07, 6.45) is 2.50. The van der Waals surface area contributed by atoms with Gasteiger partial charge in [-0.1, -0.05) is 19.1 Å². The molecule has 2 heterocycles. The molecule has 178 valence electrons. The molecular weight excluding hydrogens is 430 g/mol. The molecule has 1 saturated heterocycles. The van der Waals surface area contributed by atoms with E-state index in [1.807, 2.05) is 25.1 Å². The molecule has 2 aromatic rings. The molecule has 0 bridgehead atoms. The van der Waals surface area contributed by atoms with Crippen LogP contribution >= 0.6 is 0 Å². The molecule has 4 amide bonds. The highest BCUT2D eigenvalue weighted by atomic mass is 16.5. The summed E-state index contributed by atoms with van der Waals surface area (Å²) in [6, 6.07) is 10.3. The maximum atomic E-state index is 13.3. The minimum absolute atomic E-state index is 0.0000578. The van der Waals surface area contributed by atoms with E-state index in [0.29, 0.717) is 17.0 Å². The second-order valence-corrected chi connectivity index (χ2v) is 9.61. The van der Waals surface area contributed by atoms with Crippen molar-refractivity contribution < 1.29 is 19.1 Å². The summed E-state index contributed by atoms with van der Waals surface area (Å²) in [7, 11) is 1.57. The third kappa shape index (κ3) is 3.95. The SMILES string of the molecule is CCN1c2cc(OC)c(/C=C3/C(=O)NC(=O)N(c4cccc(C)c4)C3=O)cc2C(C)CC1(C)C. The molecular formula is C27H31N3O4. The van der Waals surface area contributed by atoms with Crippen molar-refractivity contribution >= 4 is 35.3 Å². The largest absolute Gasteiger partial charge is 0.496 e. The number of nitrogens with zero attached hydrogens (tertiary/aromatic N) is 2. The fourth-order valence-corrected chi connectivity index (χ4v) is 5.23. The summed E-state index contributed by atoms with van der Waals surface area (Å²) in [5.41, 5.74) is 4.06. The van der Waals surface area contributed by atoms with Gasteiger partial charge >= 0.3 is 6.03 Å². The van der Waals surface area contributed by atoms with Crippen molar-refractivity contribution in [2.24, 2.45) is 0 Å². The number of nitrogens with one attached hydrogen (secondary N) is 1. The lowest BCUT2D eigenvalue weighted by atomic mass is 9.79. The Bertz CT molecular complexity index is 1210. The third-order valence-corrected chi connectivity index (χ3v) is 6.71. The van der Waals surface area contributed by atoms with E-state index < -0.39 is 17.8 Å². The van der Waals surface area contributed by atoms with E-state index in [1.54, 1.807) is 25.3 Å². The molecule has 0 aromatic heterocycles. The van der Waals surface area contributed by atoms with Gasteiger partial charge in [-0.2, -0.15) is 0 Å². The van der Waals surface area contributed by atoms with Gasteiger partial charge in [-0.15, -0.1) is 0 Å². The number of methoxy groups -OCH3 is 1. The minimum Gasteiger partial charge on any atom is -0.496 e. The van der Waals surface area contributed by atoms with Crippen LogP contribution in [0.3, 0.4) is 0 Å². The van der Waals surface area contributed by atoms with Crippen LogP contribution in [-0.2, 0) is 9.59 Å². The molecule has 0 saturated carbocycles. The molecule has 0 spiro atoms. The first-order chi connectivity index (χ1) is 16.1. The van der Waals surface area contributed by atoms with Gasteiger partial charge in [-0.3, -0.25) is 14.9 Å². The van der Waals surface area contributed by atoms with Crippen LogP contribution in [0.4, 0.5) is 16.2 Å². The first-order valence-electron chi connectivity index (χ1n) is 11.5. The molecule has 1 atom stereocenters. The van der Waals surface area contributed by atoms with Gasteiger partial charge in [0.15, 0.2) is 0 Å². The Morgan fingerprint density at radius 2 is 1.91 bits per heavy atom. The predicted molar refractivity (Wildman–Crippen MR) is 133 cm³/mol. The molecule has 7 heteroatoms. The maximum Gasteiger partial charge on any atom is 0.335 e. The average Bonchev–Trinajstić information content (AvgIpc) is 2.76. The Morgan fingerprint density at radius 3 is 2.56 bits per heavy atom. The number of carbonyl (C=O) groups excluding carboxylic acids is 3. The lowest BCUT2D eigenvalue weighted by Crippen LogP contribution is -2.54. The van der Waals surface area contributed by atoms with E-state index in [-0.39, 0.29) is 17.0 Å². The van der Waals surface area contributed by atoms with Crippen LogP contribution in [0.25, 0.3) is 6.08 Å². The van der Waals surface area contributed by atoms with Crippen molar-refractivity contribution in [3.8, 4) is 5.75 Å². The Hall–Kier alpha value is -3.61. The first-order valence-corrected chi connectivity index (χ1v) is 11.5. The second kappa shape index (κ2) is 8.63. The fraction of sp³-hybridized carbons (Fsp3) is 0.370. The Morgan fingerprint density at radius 1 is 1.18 bits per heavy atom. The van der Waals surface area contributed by atoms with Gasteiger partial charge < -0.3 is 9.64 Å². The number of ether oxygens (including phenoxy) is 1. The number of aryl methyl sites for hydroxylation is 1. The molecule has 2 aliphatic rings. The van der Waals surface area contributed by atoms with Crippen LogP contribution in [0.15, 0.2) is 42.0 Å². The number of urea groups is 1. The van der Waals surface area contributed by atoms with E-state index in [0.717, 1.165) is 34.7 Å². The van der Waals surface area contributed by atoms with E-state index in [1.165, 1.54) is 6.08 Å². The van der Waals surface area contributed by atoms with Crippen LogP contribution in [0, 0.1) is 6.92 Å². The number of hydrogen-bond acceptors (Lipinski definition) is 5. The van der Waals surface area contributed by atoms with Gasteiger partial charge in [-0.25, -0.2) is 9.69 Å². The molecule has 0 aliphatic carbocycles. The van der Waals surface area contributed by atoms with Crippen LogP contribution in [-0.4, -0.2) is 37.0 Å². The smallest absolute Gasteiger partial charge is 0.335 e. The summed E-state index contributed by atoms with van der Waals surface area (Å²) < 4.78 is 5.67. The second-order valence-electron chi connectivity index (χ2n) is 9.61. The lowest BCUT2D eigenvalue weighted by Gasteiger charge is -2.47. The summed E-state index contributed by atoms with van der Waals surface area (Å²) >= 11 is 0.